The zero-order chi connectivity index (χ0) is 23.9. The van der Waals surface area contributed by atoms with Crippen molar-refractivity contribution in [3.63, 3.8) is 0 Å². The molecular formula is C28H32N4O2. The van der Waals surface area contributed by atoms with Crippen LogP contribution in [0.25, 0.3) is 0 Å². The fraction of sp³-hybridized carbons (Fsp3) is 0.286. The summed E-state index contributed by atoms with van der Waals surface area (Å²) in [4.78, 5) is 27.6. The summed E-state index contributed by atoms with van der Waals surface area (Å²) in [5, 5.41) is 2.85. The number of carbonyl (C=O) groups is 2. The van der Waals surface area contributed by atoms with E-state index in [4.69, 9.17) is 0 Å². The first-order valence-electron chi connectivity index (χ1n) is 11.7. The molecule has 2 unspecified atom stereocenters. The number of nitrogens with one attached hydrogen (secondary N) is 3. The lowest BCUT2D eigenvalue weighted by molar-refractivity contribution is -0.128. The van der Waals surface area contributed by atoms with Gasteiger partial charge in [0.1, 0.15) is 0 Å². The molecular weight excluding hydrogens is 424 g/mol. The van der Waals surface area contributed by atoms with Gasteiger partial charge in [-0.2, -0.15) is 0 Å². The SMILES string of the molecule is Cc1cccc(C(C)CNC(=O)NNC(=O)C2Cc3ccccc3CN2Cc2ccccc2)c1. The van der Waals surface area contributed by atoms with Crippen molar-refractivity contribution in [1.29, 1.82) is 0 Å². The van der Waals surface area contributed by atoms with E-state index < -0.39 is 6.03 Å². The Labute approximate surface area is 201 Å². The van der Waals surface area contributed by atoms with Gasteiger partial charge in [0.25, 0.3) is 5.91 Å². The molecule has 0 radical (unpaired) electrons. The molecule has 0 aliphatic carbocycles. The van der Waals surface area contributed by atoms with Crippen LogP contribution < -0.4 is 16.2 Å². The molecule has 3 aromatic rings. The molecule has 6 nitrogen and oxygen atoms in total. The third-order valence-corrected chi connectivity index (χ3v) is 6.36. The average molecular weight is 457 g/mol. The van der Waals surface area contributed by atoms with E-state index in [0.29, 0.717) is 26.1 Å². The highest BCUT2D eigenvalue weighted by atomic mass is 16.2. The normalized spacial score (nSPS) is 16.2. The quantitative estimate of drug-likeness (QED) is 0.490. The first kappa shape index (κ1) is 23.5. The topological polar surface area (TPSA) is 73.5 Å². The molecule has 0 fully saturated rings. The van der Waals surface area contributed by atoms with Crippen molar-refractivity contribution in [3.8, 4) is 0 Å². The van der Waals surface area contributed by atoms with Gasteiger partial charge < -0.3 is 5.32 Å². The lowest BCUT2D eigenvalue weighted by atomic mass is 9.93. The second kappa shape index (κ2) is 11.0. The maximum absolute atomic E-state index is 13.1. The molecule has 0 saturated heterocycles. The number of fused-ring (bicyclic) bond motifs is 1. The highest BCUT2D eigenvalue weighted by Crippen LogP contribution is 2.25. The van der Waals surface area contributed by atoms with Crippen LogP contribution in [-0.4, -0.2) is 29.4 Å². The Kier molecular flexibility index (Phi) is 7.60. The molecule has 1 aliphatic rings. The minimum absolute atomic E-state index is 0.164. The smallest absolute Gasteiger partial charge is 0.333 e. The fourth-order valence-electron chi connectivity index (χ4n) is 4.41. The third-order valence-electron chi connectivity index (χ3n) is 6.36. The second-order valence-electron chi connectivity index (χ2n) is 9.02. The van der Waals surface area contributed by atoms with Crippen LogP contribution in [0.2, 0.25) is 0 Å². The van der Waals surface area contributed by atoms with E-state index in [2.05, 4.69) is 77.4 Å². The van der Waals surface area contributed by atoms with E-state index in [-0.39, 0.29) is 17.9 Å². The number of rotatable bonds is 6. The summed E-state index contributed by atoms with van der Waals surface area (Å²) in [6, 6.07) is 25.8. The van der Waals surface area contributed by atoms with Crippen molar-refractivity contribution in [3.05, 3.63) is 107 Å². The Morgan fingerprint density at radius 2 is 1.68 bits per heavy atom. The Morgan fingerprint density at radius 1 is 0.941 bits per heavy atom. The Balaban J connectivity index is 1.34. The number of hydrazine groups is 1. The highest BCUT2D eigenvalue weighted by molar-refractivity contribution is 5.85. The van der Waals surface area contributed by atoms with E-state index in [9.17, 15) is 9.59 Å². The highest BCUT2D eigenvalue weighted by Gasteiger charge is 2.31. The van der Waals surface area contributed by atoms with Crippen molar-refractivity contribution < 1.29 is 9.59 Å². The lowest BCUT2D eigenvalue weighted by Gasteiger charge is -2.36. The number of hydrogen-bond donors (Lipinski definition) is 3. The van der Waals surface area contributed by atoms with Crippen molar-refractivity contribution in [2.24, 2.45) is 0 Å². The molecule has 34 heavy (non-hydrogen) atoms. The fourth-order valence-corrected chi connectivity index (χ4v) is 4.41. The standard InChI is InChI=1S/C28H32N4O2/c1-20-9-8-14-23(15-20)21(2)17-29-28(34)31-30-27(33)26-16-24-12-6-7-13-25(24)19-32(26)18-22-10-4-3-5-11-22/h3-15,21,26H,16-19H2,1-2H3,(H,30,33)(H2,29,31,34). The molecule has 0 saturated carbocycles. The maximum Gasteiger partial charge on any atom is 0.333 e. The number of urea groups is 1. The number of nitrogens with zero attached hydrogens (tertiary/aromatic N) is 1. The van der Waals surface area contributed by atoms with Gasteiger partial charge in [-0.3, -0.25) is 15.1 Å². The monoisotopic (exact) mass is 456 g/mol. The number of aryl methyl sites for hydroxylation is 1. The molecule has 0 bridgehead atoms. The summed E-state index contributed by atoms with van der Waals surface area (Å²) in [5.74, 6) is -0.0510. The van der Waals surface area contributed by atoms with E-state index >= 15 is 0 Å². The van der Waals surface area contributed by atoms with Gasteiger partial charge in [0.2, 0.25) is 0 Å². The predicted molar refractivity (Wildman–Crippen MR) is 134 cm³/mol. The summed E-state index contributed by atoms with van der Waals surface area (Å²) >= 11 is 0. The van der Waals surface area contributed by atoms with E-state index in [1.165, 1.54) is 22.3 Å². The zero-order valence-electron chi connectivity index (χ0n) is 19.8. The van der Waals surface area contributed by atoms with Crippen LogP contribution in [0.3, 0.4) is 0 Å². The van der Waals surface area contributed by atoms with Crippen molar-refractivity contribution in [2.45, 2.75) is 45.3 Å². The van der Waals surface area contributed by atoms with Crippen LogP contribution in [0.4, 0.5) is 4.79 Å². The Bertz CT molecular complexity index is 1130. The summed E-state index contributed by atoms with van der Waals surface area (Å²) in [5.41, 5.74) is 11.1. The molecule has 0 aromatic heterocycles. The van der Waals surface area contributed by atoms with Gasteiger partial charge in [0, 0.05) is 19.6 Å². The number of amides is 3. The van der Waals surface area contributed by atoms with E-state index in [1.54, 1.807) is 0 Å². The van der Waals surface area contributed by atoms with Crippen molar-refractivity contribution >= 4 is 11.9 Å². The summed E-state index contributed by atoms with van der Waals surface area (Å²) in [6.07, 6.45) is 0.600. The summed E-state index contributed by atoms with van der Waals surface area (Å²) in [6.45, 7) is 5.93. The van der Waals surface area contributed by atoms with Crippen molar-refractivity contribution in [2.75, 3.05) is 6.54 Å². The second-order valence-corrected chi connectivity index (χ2v) is 9.02. The lowest BCUT2D eigenvalue weighted by Crippen LogP contribution is -2.56. The van der Waals surface area contributed by atoms with Gasteiger partial charge in [0.15, 0.2) is 0 Å². The molecule has 3 N–H and O–H groups in total. The third kappa shape index (κ3) is 6.02. The molecule has 1 aliphatic heterocycles. The Hall–Kier alpha value is -3.64. The van der Waals surface area contributed by atoms with E-state index in [1.807, 2.05) is 36.4 Å². The van der Waals surface area contributed by atoms with Crippen LogP contribution in [0.1, 0.15) is 40.7 Å². The Morgan fingerprint density at radius 3 is 2.44 bits per heavy atom. The van der Waals surface area contributed by atoms with Crippen molar-refractivity contribution in [1.82, 2.24) is 21.1 Å². The van der Waals surface area contributed by atoms with Gasteiger partial charge in [-0.25, -0.2) is 10.2 Å². The molecule has 4 rings (SSSR count). The van der Waals surface area contributed by atoms with Gasteiger partial charge >= 0.3 is 6.03 Å². The van der Waals surface area contributed by atoms with Crippen LogP contribution in [0.15, 0.2) is 78.9 Å². The van der Waals surface area contributed by atoms with Crippen LogP contribution in [0.5, 0.6) is 0 Å². The number of carbonyl (C=O) groups excluding carboxylic acids is 2. The van der Waals surface area contributed by atoms with Crippen LogP contribution >= 0.6 is 0 Å². The van der Waals surface area contributed by atoms with Gasteiger partial charge in [-0.05, 0) is 41.5 Å². The van der Waals surface area contributed by atoms with Gasteiger partial charge in [-0.1, -0.05) is 91.3 Å². The number of hydrogen-bond acceptors (Lipinski definition) is 3. The zero-order valence-corrected chi connectivity index (χ0v) is 19.8. The number of benzene rings is 3. The minimum Gasteiger partial charge on any atom is -0.336 e. The molecule has 3 amide bonds. The maximum atomic E-state index is 13.1. The molecule has 2 atom stereocenters. The molecule has 6 heteroatoms. The molecule has 0 spiro atoms. The van der Waals surface area contributed by atoms with Crippen LogP contribution in [-0.2, 0) is 24.3 Å². The van der Waals surface area contributed by atoms with E-state index in [0.717, 1.165) is 5.56 Å². The first-order chi connectivity index (χ1) is 16.5. The molecule has 3 aromatic carbocycles. The molecule has 1 heterocycles. The average Bonchev–Trinajstić information content (AvgIpc) is 2.86. The van der Waals surface area contributed by atoms with Gasteiger partial charge in [-0.15, -0.1) is 0 Å². The minimum atomic E-state index is -0.418. The summed E-state index contributed by atoms with van der Waals surface area (Å²) < 4.78 is 0. The van der Waals surface area contributed by atoms with Gasteiger partial charge in [0.05, 0.1) is 6.04 Å². The first-order valence-corrected chi connectivity index (χ1v) is 11.7. The predicted octanol–water partition coefficient (Wildman–Crippen LogP) is 4.06. The molecule has 176 valence electrons. The summed E-state index contributed by atoms with van der Waals surface area (Å²) in [7, 11) is 0. The largest absolute Gasteiger partial charge is 0.336 e. The van der Waals surface area contributed by atoms with Crippen LogP contribution in [0, 0.1) is 6.92 Å².